The molecule has 3 aromatic carbocycles. The van der Waals surface area contributed by atoms with Gasteiger partial charge >= 0.3 is 5.97 Å². The zero-order valence-electron chi connectivity index (χ0n) is 17.2. The van der Waals surface area contributed by atoms with Gasteiger partial charge < -0.3 is 9.47 Å². The second kappa shape index (κ2) is 10.00. The Morgan fingerprint density at radius 2 is 1.79 bits per heavy atom. The van der Waals surface area contributed by atoms with E-state index in [-0.39, 0.29) is 17.3 Å². The van der Waals surface area contributed by atoms with Crippen LogP contribution < -0.4 is 4.74 Å². The highest BCUT2D eigenvalue weighted by atomic mass is 127. The van der Waals surface area contributed by atoms with Crippen LogP contribution in [-0.2, 0) is 16.1 Å². The van der Waals surface area contributed by atoms with Crippen molar-refractivity contribution in [3.8, 4) is 5.75 Å². The lowest BCUT2D eigenvalue weighted by Gasteiger charge is -2.11. The minimum absolute atomic E-state index is 0.00170. The Hall–Kier alpha value is -2.80. The van der Waals surface area contributed by atoms with E-state index in [4.69, 9.17) is 9.47 Å². The van der Waals surface area contributed by atoms with Crippen molar-refractivity contribution < 1.29 is 19.2 Å². The Morgan fingerprint density at radius 3 is 2.42 bits per heavy atom. The van der Waals surface area contributed by atoms with Crippen molar-refractivity contribution in [3.05, 3.63) is 106 Å². The van der Waals surface area contributed by atoms with Gasteiger partial charge in [-0.15, -0.1) is 0 Å². The minimum atomic E-state index is -0.574. The molecule has 7 nitrogen and oxygen atoms in total. The van der Waals surface area contributed by atoms with Crippen molar-refractivity contribution >= 4 is 68.8 Å². The van der Waals surface area contributed by atoms with E-state index in [1.807, 2.05) is 42.5 Å². The van der Waals surface area contributed by atoms with Crippen LogP contribution in [-0.4, -0.2) is 16.8 Å². The summed E-state index contributed by atoms with van der Waals surface area (Å²) in [6, 6.07) is 18.2. The van der Waals surface area contributed by atoms with Gasteiger partial charge in [0.25, 0.3) is 5.69 Å². The maximum Gasteiger partial charge on any atom is 0.363 e. The molecular weight excluding hydrogens is 650 g/mol. The molecule has 0 unspecified atom stereocenters. The van der Waals surface area contributed by atoms with E-state index < -0.39 is 10.9 Å². The number of benzene rings is 3. The molecule has 1 aliphatic rings. The number of hydrogen-bond donors (Lipinski definition) is 0. The molecule has 1 heterocycles. The van der Waals surface area contributed by atoms with Crippen LogP contribution in [0.15, 0.2) is 71.4 Å². The summed E-state index contributed by atoms with van der Waals surface area (Å²) in [5.41, 5.74) is 2.98. The summed E-state index contributed by atoms with van der Waals surface area (Å²) in [6.45, 7) is 2.09. The lowest BCUT2D eigenvalue weighted by atomic mass is 10.1. The fourth-order valence-corrected chi connectivity index (χ4v) is 5.34. The van der Waals surface area contributed by atoms with E-state index in [0.717, 1.165) is 24.0 Å². The van der Waals surface area contributed by atoms with E-state index in [2.05, 4.69) is 50.2 Å². The third-order valence-electron chi connectivity index (χ3n) is 4.81. The molecule has 0 saturated carbocycles. The second-order valence-corrected chi connectivity index (χ2v) is 9.51. The van der Waals surface area contributed by atoms with Gasteiger partial charge in [-0.25, -0.2) is 9.79 Å². The van der Waals surface area contributed by atoms with Crippen LogP contribution in [0.2, 0.25) is 0 Å². The van der Waals surface area contributed by atoms with E-state index in [0.29, 0.717) is 17.7 Å². The molecule has 0 bridgehead atoms. The molecule has 0 aromatic heterocycles. The van der Waals surface area contributed by atoms with Crippen molar-refractivity contribution in [1.82, 2.24) is 0 Å². The maximum absolute atomic E-state index is 12.4. The van der Waals surface area contributed by atoms with Crippen LogP contribution in [0.4, 0.5) is 5.69 Å². The molecule has 0 atom stereocenters. The quantitative estimate of drug-likeness (QED) is 0.105. The van der Waals surface area contributed by atoms with Gasteiger partial charge in [0.15, 0.2) is 5.70 Å². The highest BCUT2D eigenvalue weighted by Crippen LogP contribution is 2.31. The molecule has 166 valence electrons. The van der Waals surface area contributed by atoms with E-state index in [1.165, 1.54) is 12.1 Å². The van der Waals surface area contributed by atoms with Gasteiger partial charge in [-0.1, -0.05) is 30.3 Å². The molecule has 0 radical (unpaired) electrons. The maximum atomic E-state index is 12.4. The molecule has 0 aliphatic carbocycles. The van der Waals surface area contributed by atoms with Crippen molar-refractivity contribution in [1.29, 1.82) is 0 Å². The van der Waals surface area contributed by atoms with Crippen LogP contribution in [0.5, 0.6) is 5.75 Å². The van der Waals surface area contributed by atoms with Crippen LogP contribution >= 0.6 is 45.2 Å². The number of aryl methyl sites for hydroxylation is 1. The summed E-state index contributed by atoms with van der Waals surface area (Å²) in [4.78, 5) is 27.3. The van der Waals surface area contributed by atoms with Gasteiger partial charge in [-0.05, 0) is 93.6 Å². The van der Waals surface area contributed by atoms with Crippen molar-refractivity contribution in [2.45, 2.75) is 13.5 Å². The van der Waals surface area contributed by atoms with Gasteiger partial charge in [-0.3, -0.25) is 10.1 Å². The van der Waals surface area contributed by atoms with Gasteiger partial charge in [0.05, 0.1) is 12.1 Å². The molecule has 3 aromatic rings. The standard InChI is InChI=1S/C24H16I2N2O5/c1-14-9-17(7-8-21(14)28(30)31)23-27-20(24(29)33-23)12-16-10-18(25)22(19(26)11-16)32-13-15-5-3-2-4-6-15/h2-12H,13H2,1H3/b20-12-. The molecule has 4 rings (SSSR count). The Balaban J connectivity index is 1.57. The second-order valence-electron chi connectivity index (χ2n) is 7.18. The van der Waals surface area contributed by atoms with Crippen molar-refractivity contribution in [3.63, 3.8) is 0 Å². The summed E-state index contributed by atoms with van der Waals surface area (Å²) in [5.74, 6) is 0.327. The highest BCUT2D eigenvalue weighted by Gasteiger charge is 2.25. The number of cyclic esters (lactones) is 1. The topological polar surface area (TPSA) is 91.0 Å². The van der Waals surface area contributed by atoms with Crippen LogP contribution in [0.25, 0.3) is 6.08 Å². The van der Waals surface area contributed by atoms with Gasteiger partial charge in [-0.2, -0.15) is 0 Å². The Labute approximate surface area is 217 Å². The Kier molecular flexibility index (Phi) is 7.08. The van der Waals surface area contributed by atoms with Crippen LogP contribution in [0, 0.1) is 24.2 Å². The number of nitrogens with zero attached hydrogens (tertiary/aromatic N) is 2. The number of esters is 1. The van der Waals surface area contributed by atoms with Crippen LogP contribution in [0.3, 0.4) is 0 Å². The fraction of sp³-hybridized carbons (Fsp3) is 0.0833. The molecule has 0 spiro atoms. The van der Waals surface area contributed by atoms with Gasteiger partial charge in [0.1, 0.15) is 12.4 Å². The first kappa shape index (κ1) is 23.4. The molecule has 1 aliphatic heterocycles. The van der Waals surface area contributed by atoms with E-state index >= 15 is 0 Å². The van der Waals surface area contributed by atoms with E-state index in [9.17, 15) is 14.9 Å². The number of ether oxygens (including phenoxy) is 2. The summed E-state index contributed by atoms with van der Waals surface area (Å²) in [5, 5.41) is 11.0. The first-order chi connectivity index (χ1) is 15.8. The molecule has 33 heavy (non-hydrogen) atoms. The SMILES string of the molecule is Cc1cc(C2=N/C(=C\c3cc(I)c(OCc4ccccc4)c(I)c3)C(=O)O2)ccc1[N+](=O)[O-]. The van der Waals surface area contributed by atoms with Gasteiger partial charge in [0, 0.05) is 17.2 Å². The molecule has 0 saturated heterocycles. The fourth-order valence-electron chi connectivity index (χ4n) is 3.21. The molecule has 0 fully saturated rings. The number of carbonyl (C=O) groups excluding carboxylic acids is 1. The predicted molar refractivity (Wildman–Crippen MR) is 141 cm³/mol. The molecule has 9 heteroatoms. The van der Waals surface area contributed by atoms with E-state index in [1.54, 1.807) is 19.1 Å². The third-order valence-corrected chi connectivity index (χ3v) is 6.41. The molecule has 0 N–H and O–H groups in total. The number of nitro benzene ring substituents is 1. The minimum Gasteiger partial charge on any atom is -0.487 e. The number of carbonyl (C=O) groups is 1. The van der Waals surface area contributed by atoms with Gasteiger partial charge in [0.2, 0.25) is 5.90 Å². The number of halogens is 2. The Morgan fingerprint density at radius 1 is 1.09 bits per heavy atom. The number of hydrogen-bond acceptors (Lipinski definition) is 6. The Bertz CT molecular complexity index is 1300. The third kappa shape index (κ3) is 5.41. The molecular formula is C24H16I2N2O5. The zero-order valence-corrected chi connectivity index (χ0v) is 21.6. The summed E-state index contributed by atoms with van der Waals surface area (Å²) < 4.78 is 13.1. The summed E-state index contributed by atoms with van der Waals surface area (Å²) >= 11 is 4.41. The number of rotatable bonds is 6. The molecule has 0 amide bonds. The lowest BCUT2D eigenvalue weighted by molar-refractivity contribution is -0.385. The monoisotopic (exact) mass is 666 g/mol. The smallest absolute Gasteiger partial charge is 0.363 e. The lowest BCUT2D eigenvalue weighted by Crippen LogP contribution is -2.06. The van der Waals surface area contributed by atoms with Crippen LogP contribution in [0.1, 0.15) is 22.3 Å². The average molecular weight is 666 g/mol. The van der Waals surface area contributed by atoms with Crippen molar-refractivity contribution in [2.24, 2.45) is 4.99 Å². The highest BCUT2D eigenvalue weighted by molar-refractivity contribution is 14.1. The first-order valence-electron chi connectivity index (χ1n) is 9.75. The summed E-state index contributed by atoms with van der Waals surface area (Å²) in [7, 11) is 0. The average Bonchev–Trinajstić information content (AvgIpc) is 3.13. The first-order valence-corrected chi connectivity index (χ1v) is 11.9. The number of aliphatic imine (C=N–C) groups is 1. The normalized spacial score (nSPS) is 14.2. The zero-order chi connectivity index (χ0) is 23.5. The predicted octanol–water partition coefficient (Wildman–Crippen LogP) is 6.04. The van der Waals surface area contributed by atoms with Crippen molar-refractivity contribution in [2.75, 3.05) is 0 Å². The largest absolute Gasteiger partial charge is 0.487 e. The summed E-state index contributed by atoms with van der Waals surface area (Å²) in [6.07, 6.45) is 1.65. The number of nitro groups is 1.